The van der Waals surface area contributed by atoms with Crippen LogP contribution in [0.4, 0.5) is 0 Å². The van der Waals surface area contributed by atoms with Crippen molar-refractivity contribution in [3.8, 4) is 27.9 Å². The zero-order chi connectivity index (χ0) is 39.7. The van der Waals surface area contributed by atoms with E-state index >= 15 is 0 Å². The Morgan fingerprint density at radius 2 is 1.07 bits per heavy atom. The van der Waals surface area contributed by atoms with Crippen LogP contribution in [0.3, 0.4) is 0 Å². The van der Waals surface area contributed by atoms with Crippen molar-refractivity contribution in [1.29, 1.82) is 0 Å². The lowest BCUT2D eigenvalue weighted by Gasteiger charge is -2.27. The molecular weight excluding hydrogens is 745 g/mol. The Bertz CT molecular complexity index is 3610. The predicted molar refractivity (Wildman–Crippen MR) is 256 cm³/mol. The fourth-order valence-electron chi connectivity index (χ4n) is 10.8. The number of hydrogen-bond donors (Lipinski definition) is 0. The Kier molecular flexibility index (Phi) is 7.10. The van der Waals surface area contributed by atoms with Crippen molar-refractivity contribution < 1.29 is 0 Å². The molecule has 0 saturated carbocycles. The van der Waals surface area contributed by atoms with Crippen molar-refractivity contribution in [3.63, 3.8) is 0 Å². The minimum atomic E-state index is -0.0556. The lowest BCUT2D eigenvalue weighted by atomic mass is 9.79. The number of aromatic nitrogens is 2. The SMILES string of the molecule is CC1(C)c2ccccc2-c2ccc(C3CC(n4c5ccccc5c5ccc(-c6ccc7c8ccccc8n(-c8ccccc8)c7c6)cc54)=Cc4c3sc3ccccc43)cc21. The summed E-state index contributed by atoms with van der Waals surface area (Å²) in [7, 11) is 0. The second kappa shape index (κ2) is 12.5. The summed E-state index contributed by atoms with van der Waals surface area (Å²) in [5.74, 6) is 0.226. The van der Waals surface area contributed by atoms with Crippen molar-refractivity contribution >= 4 is 76.8 Å². The molecule has 3 heteroatoms. The maximum absolute atomic E-state index is 2.59. The maximum Gasteiger partial charge on any atom is 0.0547 e. The molecule has 0 radical (unpaired) electrons. The Morgan fingerprint density at radius 3 is 1.82 bits per heavy atom. The van der Waals surface area contributed by atoms with Gasteiger partial charge in [0, 0.05) is 59.2 Å². The number of nitrogens with zero attached hydrogens (tertiary/aromatic N) is 2. The minimum Gasteiger partial charge on any atom is -0.313 e. The lowest BCUT2D eigenvalue weighted by molar-refractivity contribution is 0.658. The number of benzene rings is 8. The largest absolute Gasteiger partial charge is 0.313 e. The van der Waals surface area contributed by atoms with Crippen LogP contribution >= 0.6 is 11.3 Å². The predicted octanol–water partition coefficient (Wildman–Crippen LogP) is 15.6. The molecular formula is C57H40N2S. The van der Waals surface area contributed by atoms with Gasteiger partial charge in [-0.15, -0.1) is 11.3 Å². The molecule has 0 spiro atoms. The molecule has 0 saturated heterocycles. The molecule has 0 bridgehead atoms. The molecule has 8 aromatic carbocycles. The van der Waals surface area contributed by atoms with Crippen molar-refractivity contribution in [2.45, 2.75) is 31.6 Å². The fraction of sp³-hybridized carbons (Fsp3) is 0.0877. The fourth-order valence-corrected chi connectivity index (χ4v) is 12.2. The standard InChI is InChI=1S/C57H40N2S/c1-57(2)49-20-10-6-16-40(49)41-27-26-37(30-50(41)57)47-33-39(34-48-46-19-9-13-23-55(46)60-56(47)48)59-52-22-12-8-18-43(52)45-29-25-36(32-54(45)59)35-24-28-44-42-17-7-11-21-51(42)58(53(44)31-35)38-14-4-3-5-15-38/h3-32,34,47H,33H2,1-2H3. The molecule has 3 aromatic heterocycles. The summed E-state index contributed by atoms with van der Waals surface area (Å²) in [5, 5.41) is 6.45. The van der Waals surface area contributed by atoms with E-state index in [0.29, 0.717) is 0 Å². The van der Waals surface area contributed by atoms with Crippen LogP contribution in [-0.4, -0.2) is 9.13 Å². The van der Waals surface area contributed by atoms with Gasteiger partial charge in [0.1, 0.15) is 0 Å². The highest BCUT2D eigenvalue weighted by Gasteiger charge is 2.37. The van der Waals surface area contributed by atoms with Gasteiger partial charge in [0.25, 0.3) is 0 Å². The van der Waals surface area contributed by atoms with Gasteiger partial charge < -0.3 is 9.13 Å². The minimum absolute atomic E-state index is 0.0556. The van der Waals surface area contributed by atoms with E-state index in [2.05, 4.69) is 211 Å². The summed E-state index contributed by atoms with van der Waals surface area (Å²) >= 11 is 1.98. The first-order valence-electron chi connectivity index (χ1n) is 21.1. The quantitative estimate of drug-likeness (QED) is 0.168. The summed E-state index contributed by atoms with van der Waals surface area (Å²) in [6.07, 6.45) is 3.42. The molecule has 13 rings (SSSR count). The van der Waals surface area contributed by atoms with Gasteiger partial charge in [-0.05, 0) is 99.5 Å². The third-order valence-electron chi connectivity index (χ3n) is 13.7. The van der Waals surface area contributed by atoms with Gasteiger partial charge in [-0.2, -0.15) is 0 Å². The highest BCUT2D eigenvalue weighted by atomic mass is 32.1. The topological polar surface area (TPSA) is 9.86 Å². The molecule has 284 valence electrons. The van der Waals surface area contributed by atoms with E-state index in [1.54, 1.807) is 0 Å². The molecule has 2 aliphatic carbocycles. The van der Waals surface area contributed by atoms with Crippen molar-refractivity contribution in [1.82, 2.24) is 9.13 Å². The number of allylic oxidation sites excluding steroid dienone is 1. The molecule has 11 aromatic rings. The molecule has 60 heavy (non-hydrogen) atoms. The average molecular weight is 785 g/mol. The monoisotopic (exact) mass is 784 g/mol. The van der Waals surface area contributed by atoms with Crippen LogP contribution in [0.15, 0.2) is 182 Å². The molecule has 0 amide bonds. The van der Waals surface area contributed by atoms with Gasteiger partial charge in [0.05, 0.1) is 22.1 Å². The first-order chi connectivity index (χ1) is 29.5. The second-order valence-electron chi connectivity index (χ2n) is 17.2. The number of fused-ring (bicyclic) bond motifs is 12. The van der Waals surface area contributed by atoms with Gasteiger partial charge in [-0.25, -0.2) is 0 Å². The molecule has 0 aliphatic heterocycles. The van der Waals surface area contributed by atoms with E-state index in [4.69, 9.17) is 0 Å². The van der Waals surface area contributed by atoms with Gasteiger partial charge in [-0.1, -0.05) is 153 Å². The Morgan fingerprint density at radius 1 is 0.483 bits per heavy atom. The third kappa shape index (κ3) is 4.75. The third-order valence-corrected chi connectivity index (χ3v) is 15.0. The normalized spacial score (nSPS) is 15.5. The van der Waals surface area contributed by atoms with Crippen molar-refractivity contribution in [2.75, 3.05) is 0 Å². The zero-order valence-corrected chi connectivity index (χ0v) is 34.3. The summed E-state index contributed by atoms with van der Waals surface area (Å²) in [6, 6.07) is 68.0. The Labute approximate surface area is 352 Å². The molecule has 1 unspecified atom stereocenters. The van der Waals surface area contributed by atoms with E-state index in [1.807, 2.05) is 11.3 Å². The number of hydrogen-bond acceptors (Lipinski definition) is 1. The van der Waals surface area contributed by atoms with Gasteiger partial charge in [0.2, 0.25) is 0 Å². The molecule has 0 fully saturated rings. The van der Waals surface area contributed by atoms with Crippen LogP contribution in [0.5, 0.6) is 0 Å². The number of rotatable bonds is 4. The van der Waals surface area contributed by atoms with Crippen LogP contribution in [0.2, 0.25) is 0 Å². The van der Waals surface area contributed by atoms with Crippen LogP contribution in [0.25, 0.3) is 93.4 Å². The van der Waals surface area contributed by atoms with Gasteiger partial charge >= 0.3 is 0 Å². The smallest absolute Gasteiger partial charge is 0.0547 e. The van der Waals surface area contributed by atoms with Gasteiger partial charge in [-0.3, -0.25) is 0 Å². The molecule has 2 aliphatic rings. The molecule has 0 N–H and O–H groups in total. The van der Waals surface area contributed by atoms with Crippen molar-refractivity contribution in [2.24, 2.45) is 0 Å². The molecule has 2 nitrogen and oxygen atoms in total. The van der Waals surface area contributed by atoms with E-state index < -0.39 is 0 Å². The number of para-hydroxylation sites is 3. The van der Waals surface area contributed by atoms with Crippen molar-refractivity contribution in [3.05, 3.63) is 209 Å². The van der Waals surface area contributed by atoms with Crippen LogP contribution in [0.1, 0.15) is 53.3 Å². The molecule has 1 atom stereocenters. The van der Waals surface area contributed by atoms with Gasteiger partial charge in [0.15, 0.2) is 0 Å². The summed E-state index contributed by atoms with van der Waals surface area (Å²) in [6.45, 7) is 4.79. The first-order valence-corrected chi connectivity index (χ1v) is 21.9. The van der Waals surface area contributed by atoms with Crippen LogP contribution in [-0.2, 0) is 5.41 Å². The van der Waals surface area contributed by atoms with E-state index in [0.717, 1.165) is 6.42 Å². The highest BCUT2D eigenvalue weighted by Crippen LogP contribution is 2.53. The summed E-state index contributed by atoms with van der Waals surface area (Å²) in [5.41, 5.74) is 18.2. The lowest BCUT2D eigenvalue weighted by Crippen LogP contribution is -2.16. The van der Waals surface area contributed by atoms with E-state index in [9.17, 15) is 0 Å². The Hall–Kier alpha value is -6.94. The average Bonchev–Trinajstić information content (AvgIpc) is 4.01. The van der Waals surface area contributed by atoms with E-state index in [1.165, 1.54) is 114 Å². The number of thiophene rings is 1. The maximum atomic E-state index is 2.59. The van der Waals surface area contributed by atoms with Crippen LogP contribution in [0, 0.1) is 0 Å². The zero-order valence-electron chi connectivity index (χ0n) is 33.5. The highest BCUT2D eigenvalue weighted by molar-refractivity contribution is 7.19. The van der Waals surface area contributed by atoms with Crippen LogP contribution < -0.4 is 0 Å². The Balaban J connectivity index is 1.01. The summed E-state index contributed by atoms with van der Waals surface area (Å²) in [4.78, 5) is 1.47. The summed E-state index contributed by atoms with van der Waals surface area (Å²) < 4.78 is 6.35. The molecule has 3 heterocycles. The van der Waals surface area contributed by atoms with E-state index in [-0.39, 0.29) is 11.3 Å². The second-order valence-corrected chi connectivity index (χ2v) is 18.3. The first kappa shape index (κ1) is 34.0.